The van der Waals surface area contributed by atoms with Crippen LogP contribution in [0.3, 0.4) is 0 Å². The molecule has 1 aliphatic carbocycles. The monoisotopic (exact) mass is 507 g/mol. The van der Waals surface area contributed by atoms with Crippen LogP contribution >= 0.6 is 12.2 Å². The average Bonchev–Trinajstić information content (AvgIpc) is 2.88. The zero-order valence-corrected chi connectivity index (χ0v) is 22.6. The predicted molar refractivity (Wildman–Crippen MR) is 150 cm³/mol. The molecule has 3 aromatic rings. The van der Waals surface area contributed by atoms with Crippen LogP contribution in [0.25, 0.3) is 10.9 Å². The molecule has 192 valence electrons. The number of nitrogens with zero attached hydrogens (tertiary/aromatic N) is 1. The zero-order valence-electron chi connectivity index (χ0n) is 21.8. The molecule has 0 bridgehead atoms. The third kappa shape index (κ3) is 6.01. The van der Waals surface area contributed by atoms with Crippen LogP contribution in [0.5, 0.6) is 11.5 Å². The van der Waals surface area contributed by atoms with Crippen molar-refractivity contribution in [2.24, 2.45) is 0 Å². The summed E-state index contributed by atoms with van der Waals surface area (Å²) in [6.07, 6.45) is 6.65. The van der Waals surface area contributed by atoms with Gasteiger partial charge in [0.05, 0.1) is 20.8 Å². The van der Waals surface area contributed by atoms with Gasteiger partial charge in [-0.05, 0) is 97.7 Å². The van der Waals surface area contributed by atoms with E-state index >= 15 is 0 Å². The number of hydrogen-bond acceptors (Lipinski definition) is 4. The van der Waals surface area contributed by atoms with E-state index in [1.165, 1.54) is 30.4 Å². The molecule has 2 N–H and O–H groups in total. The lowest BCUT2D eigenvalue weighted by molar-refractivity contribution is 0.234. The van der Waals surface area contributed by atoms with Crippen molar-refractivity contribution in [2.45, 2.75) is 65.0 Å². The summed E-state index contributed by atoms with van der Waals surface area (Å²) >= 11 is 5.89. The lowest BCUT2D eigenvalue weighted by Gasteiger charge is -2.36. The molecule has 0 radical (unpaired) electrons. The van der Waals surface area contributed by atoms with E-state index in [0.29, 0.717) is 24.2 Å². The molecule has 1 aromatic heterocycles. The summed E-state index contributed by atoms with van der Waals surface area (Å²) in [6, 6.07) is 12.5. The second kappa shape index (κ2) is 11.8. The minimum atomic E-state index is -0.0420. The van der Waals surface area contributed by atoms with Gasteiger partial charge in [-0.25, -0.2) is 0 Å². The molecule has 1 saturated carbocycles. The van der Waals surface area contributed by atoms with E-state index in [4.69, 9.17) is 21.7 Å². The van der Waals surface area contributed by atoms with E-state index in [9.17, 15) is 4.79 Å². The van der Waals surface area contributed by atoms with Gasteiger partial charge >= 0.3 is 0 Å². The van der Waals surface area contributed by atoms with Crippen molar-refractivity contribution in [3.05, 3.63) is 69.0 Å². The van der Waals surface area contributed by atoms with Crippen LogP contribution < -0.4 is 20.3 Å². The van der Waals surface area contributed by atoms with Gasteiger partial charge in [-0.1, -0.05) is 25.3 Å². The Morgan fingerprint density at radius 3 is 2.47 bits per heavy atom. The van der Waals surface area contributed by atoms with Crippen molar-refractivity contribution in [2.75, 3.05) is 20.8 Å². The molecule has 0 aliphatic heterocycles. The highest BCUT2D eigenvalue weighted by Gasteiger charge is 2.24. The average molecular weight is 508 g/mol. The fourth-order valence-electron chi connectivity index (χ4n) is 5.03. The highest BCUT2D eigenvalue weighted by atomic mass is 32.1. The van der Waals surface area contributed by atoms with Crippen molar-refractivity contribution in [3.8, 4) is 11.5 Å². The molecule has 0 unspecified atom stereocenters. The molecule has 1 heterocycles. The molecule has 2 aromatic carbocycles. The first-order valence-corrected chi connectivity index (χ1v) is 13.2. The number of rotatable bonds is 8. The van der Waals surface area contributed by atoms with Crippen molar-refractivity contribution >= 4 is 28.2 Å². The SMILES string of the molecule is COc1ccc(CCNC(=S)N(Cc2cc3cc(C)c(C)cc3[nH]c2=O)C2CCCCC2)cc1OC. The van der Waals surface area contributed by atoms with Gasteiger partial charge in [0.2, 0.25) is 0 Å². The molecule has 0 spiro atoms. The van der Waals surface area contributed by atoms with Crippen LogP contribution in [0.1, 0.15) is 54.4 Å². The van der Waals surface area contributed by atoms with Crippen LogP contribution in [0, 0.1) is 13.8 Å². The second-order valence-electron chi connectivity index (χ2n) is 9.74. The lowest BCUT2D eigenvalue weighted by atomic mass is 9.94. The quantitative estimate of drug-likeness (QED) is 0.397. The van der Waals surface area contributed by atoms with E-state index < -0.39 is 0 Å². The van der Waals surface area contributed by atoms with Crippen LogP contribution in [0.15, 0.2) is 41.2 Å². The van der Waals surface area contributed by atoms with E-state index in [-0.39, 0.29) is 5.56 Å². The molecule has 1 aliphatic rings. The maximum absolute atomic E-state index is 13.0. The van der Waals surface area contributed by atoms with E-state index in [1.54, 1.807) is 14.2 Å². The van der Waals surface area contributed by atoms with Gasteiger partial charge in [-0.2, -0.15) is 0 Å². The van der Waals surface area contributed by atoms with Gasteiger partial charge in [0.25, 0.3) is 5.56 Å². The van der Waals surface area contributed by atoms with Gasteiger partial charge in [-0.15, -0.1) is 0 Å². The number of hydrogen-bond donors (Lipinski definition) is 2. The van der Waals surface area contributed by atoms with Gasteiger partial charge in [0.1, 0.15) is 0 Å². The summed E-state index contributed by atoms with van der Waals surface area (Å²) in [7, 11) is 3.29. The fraction of sp³-hybridized carbons (Fsp3) is 0.448. The van der Waals surface area contributed by atoms with Gasteiger partial charge in [0, 0.05) is 23.7 Å². The van der Waals surface area contributed by atoms with E-state index in [1.807, 2.05) is 24.3 Å². The standard InChI is InChI=1S/C29H37N3O3S/c1-19-14-22-17-23(28(33)31-25(22)15-20(19)2)18-32(24-8-6-5-7-9-24)29(36)30-13-12-21-10-11-26(34-3)27(16-21)35-4/h10-11,14-17,24H,5-9,12-13,18H2,1-4H3,(H,30,36)(H,31,33). The first kappa shape index (κ1) is 26.0. The molecule has 0 atom stereocenters. The first-order chi connectivity index (χ1) is 17.4. The molecular weight excluding hydrogens is 470 g/mol. The van der Waals surface area contributed by atoms with E-state index in [0.717, 1.165) is 52.8 Å². The third-order valence-corrected chi connectivity index (χ3v) is 7.67. The Hall–Kier alpha value is -3.06. The minimum absolute atomic E-state index is 0.0420. The normalized spacial score (nSPS) is 14.0. The number of nitrogens with one attached hydrogen (secondary N) is 2. The summed E-state index contributed by atoms with van der Waals surface area (Å²) < 4.78 is 10.8. The largest absolute Gasteiger partial charge is 0.493 e. The highest BCUT2D eigenvalue weighted by Crippen LogP contribution is 2.28. The summed E-state index contributed by atoms with van der Waals surface area (Å²) in [6.45, 7) is 5.37. The predicted octanol–water partition coefficient (Wildman–Crippen LogP) is 5.41. The Labute approximate surface area is 219 Å². The molecule has 4 rings (SSSR count). The zero-order chi connectivity index (χ0) is 25.7. The Morgan fingerprint density at radius 2 is 1.75 bits per heavy atom. The van der Waals surface area contributed by atoms with Crippen molar-refractivity contribution in [1.82, 2.24) is 15.2 Å². The fourth-order valence-corrected chi connectivity index (χ4v) is 5.35. The van der Waals surface area contributed by atoms with E-state index in [2.05, 4.69) is 41.2 Å². The Kier molecular flexibility index (Phi) is 8.52. The number of aromatic nitrogens is 1. The number of H-pyrrole nitrogens is 1. The number of aryl methyl sites for hydroxylation is 2. The van der Waals surface area contributed by atoms with Gasteiger partial charge < -0.3 is 24.7 Å². The Morgan fingerprint density at radius 1 is 1.03 bits per heavy atom. The number of aromatic amines is 1. The van der Waals surface area contributed by atoms with Crippen molar-refractivity contribution in [1.29, 1.82) is 0 Å². The first-order valence-electron chi connectivity index (χ1n) is 12.8. The summed E-state index contributed by atoms with van der Waals surface area (Å²) in [5.41, 5.74) is 5.13. The molecule has 7 heteroatoms. The van der Waals surface area contributed by atoms with Gasteiger partial charge in [-0.3, -0.25) is 4.79 Å². The number of thiocarbonyl (C=S) groups is 1. The Balaban J connectivity index is 1.50. The molecule has 0 amide bonds. The smallest absolute Gasteiger partial charge is 0.253 e. The maximum Gasteiger partial charge on any atom is 0.253 e. The number of benzene rings is 2. The lowest BCUT2D eigenvalue weighted by Crippen LogP contribution is -2.47. The Bertz CT molecular complexity index is 1280. The third-order valence-electron chi connectivity index (χ3n) is 7.29. The summed E-state index contributed by atoms with van der Waals surface area (Å²) in [5.74, 6) is 1.45. The molecular formula is C29H37N3O3S. The highest BCUT2D eigenvalue weighted by molar-refractivity contribution is 7.80. The van der Waals surface area contributed by atoms with Crippen LogP contribution in [-0.2, 0) is 13.0 Å². The second-order valence-corrected chi connectivity index (χ2v) is 10.1. The number of fused-ring (bicyclic) bond motifs is 1. The maximum atomic E-state index is 13.0. The number of pyridine rings is 1. The minimum Gasteiger partial charge on any atom is -0.493 e. The van der Waals surface area contributed by atoms with Crippen LogP contribution in [-0.4, -0.2) is 41.8 Å². The molecule has 1 fully saturated rings. The summed E-state index contributed by atoms with van der Waals surface area (Å²) in [5, 5.41) is 5.23. The molecule has 0 saturated heterocycles. The molecule has 6 nitrogen and oxygen atoms in total. The van der Waals surface area contributed by atoms with Crippen molar-refractivity contribution in [3.63, 3.8) is 0 Å². The topological polar surface area (TPSA) is 66.6 Å². The van der Waals surface area contributed by atoms with Crippen molar-refractivity contribution < 1.29 is 9.47 Å². The molecule has 36 heavy (non-hydrogen) atoms. The van der Waals surface area contributed by atoms with Crippen LogP contribution in [0.2, 0.25) is 0 Å². The summed E-state index contributed by atoms with van der Waals surface area (Å²) in [4.78, 5) is 18.3. The van der Waals surface area contributed by atoms with Gasteiger partial charge in [0.15, 0.2) is 16.6 Å². The van der Waals surface area contributed by atoms with Crippen LogP contribution in [0.4, 0.5) is 0 Å². The number of ether oxygens (including phenoxy) is 2. The number of methoxy groups -OCH3 is 2.